The van der Waals surface area contributed by atoms with Crippen LogP contribution in [-0.4, -0.2) is 34.1 Å². The first-order valence-electron chi connectivity index (χ1n) is 4.62. The Kier molecular flexibility index (Phi) is 2.18. The summed E-state index contributed by atoms with van der Waals surface area (Å²) >= 11 is 0. The van der Waals surface area contributed by atoms with Crippen LogP contribution in [0.4, 0.5) is 5.82 Å². The smallest absolute Gasteiger partial charge is 0.171 e. The number of nitrogens with two attached hydrogens (primary N) is 1. The molecule has 1 saturated heterocycles. The van der Waals surface area contributed by atoms with E-state index in [1.807, 2.05) is 13.2 Å². The molecule has 1 atom stereocenters. The fourth-order valence-corrected chi connectivity index (χ4v) is 1.70. The van der Waals surface area contributed by atoms with E-state index in [9.17, 15) is 0 Å². The minimum atomic E-state index is 0.288. The Balaban J connectivity index is 2.08. The van der Waals surface area contributed by atoms with Gasteiger partial charge in [0, 0.05) is 26.2 Å². The zero-order valence-corrected chi connectivity index (χ0v) is 7.85. The van der Waals surface area contributed by atoms with Crippen molar-refractivity contribution in [3.8, 4) is 0 Å². The Morgan fingerprint density at radius 3 is 3.08 bits per heavy atom. The summed E-state index contributed by atoms with van der Waals surface area (Å²) in [7, 11) is 1.88. The van der Waals surface area contributed by atoms with Crippen LogP contribution in [0.1, 0.15) is 12.8 Å². The third-order valence-corrected chi connectivity index (χ3v) is 2.37. The van der Waals surface area contributed by atoms with Gasteiger partial charge in [0.1, 0.15) is 0 Å². The second-order valence-corrected chi connectivity index (χ2v) is 3.60. The Labute approximate surface area is 77.5 Å². The topological polar surface area (TPSA) is 60.0 Å². The molecule has 0 spiro atoms. The van der Waals surface area contributed by atoms with Gasteiger partial charge in [0.25, 0.3) is 0 Å². The minimum absolute atomic E-state index is 0.288. The van der Waals surface area contributed by atoms with Crippen LogP contribution >= 0.6 is 0 Å². The van der Waals surface area contributed by atoms with Crippen LogP contribution in [0.15, 0.2) is 6.20 Å². The maximum absolute atomic E-state index is 5.87. The minimum Gasteiger partial charge on any atom is -0.352 e. The predicted octanol–water partition coefficient (Wildman–Crippen LogP) is -0.257. The van der Waals surface area contributed by atoms with Crippen LogP contribution in [0.5, 0.6) is 0 Å². The van der Waals surface area contributed by atoms with Crippen molar-refractivity contribution in [2.24, 2.45) is 12.8 Å². The van der Waals surface area contributed by atoms with Gasteiger partial charge in [-0.2, -0.15) is 0 Å². The summed E-state index contributed by atoms with van der Waals surface area (Å²) in [5.74, 6) is 0.942. The Morgan fingerprint density at radius 2 is 2.46 bits per heavy atom. The second-order valence-electron chi connectivity index (χ2n) is 3.60. The second kappa shape index (κ2) is 3.33. The van der Waals surface area contributed by atoms with Gasteiger partial charge in [0.05, 0.1) is 6.20 Å². The van der Waals surface area contributed by atoms with Gasteiger partial charge in [-0.25, -0.2) is 0 Å². The molecule has 1 aromatic rings. The van der Waals surface area contributed by atoms with Crippen LogP contribution in [0.3, 0.4) is 0 Å². The summed E-state index contributed by atoms with van der Waals surface area (Å²) in [4.78, 5) is 2.20. The molecule has 0 aromatic carbocycles. The van der Waals surface area contributed by atoms with E-state index in [1.165, 1.54) is 0 Å². The number of aryl methyl sites for hydroxylation is 1. The Morgan fingerprint density at radius 1 is 1.62 bits per heavy atom. The van der Waals surface area contributed by atoms with Gasteiger partial charge < -0.3 is 10.6 Å². The SMILES string of the molecule is Cn1cc(N2CCC[C@@H](N)C2)nn1. The Bertz CT molecular complexity index is 282. The molecule has 5 nitrogen and oxygen atoms in total. The molecule has 0 unspecified atom stereocenters. The summed E-state index contributed by atoms with van der Waals surface area (Å²) in [5, 5.41) is 7.96. The molecule has 0 radical (unpaired) electrons. The largest absolute Gasteiger partial charge is 0.352 e. The maximum Gasteiger partial charge on any atom is 0.171 e. The van der Waals surface area contributed by atoms with E-state index in [2.05, 4.69) is 15.2 Å². The molecule has 0 saturated carbocycles. The lowest BCUT2D eigenvalue weighted by Gasteiger charge is -2.30. The Hall–Kier alpha value is -1.10. The van der Waals surface area contributed by atoms with E-state index < -0.39 is 0 Å². The summed E-state index contributed by atoms with van der Waals surface area (Å²) in [5.41, 5.74) is 5.87. The average molecular weight is 181 g/mol. The number of rotatable bonds is 1. The van der Waals surface area contributed by atoms with Crippen molar-refractivity contribution in [2.45, 2.75) is 18.9 Å². The number of aromatic nitrogens is 3. The van der Waals surface area contributed by atoms with Gasteiger partial charge >= 0.3 is 0 Å². The number of anilines is 1. The molecule has 72 valence electrons. The van der Waals surface area contributed by atoms with Crippen LogP contribution in [-0.2, 0) is 7.05 Å². The van der Waals surface area contributed by atoms with Crippen molar-refractivity contribution < 1.29 is 0 Å². The highest BCUT2D eigenvalue weighted by atomic mass is 15.4. The van der Waals surface area contributed by atoms with Crippen molar-refractivity contribution in [1.29, 1.82) is 0 Å². The normalized spacial score (nSPS) is 23.5. The van der Waals surface area contributed by atoms with E-state index in [0.29, 0.717) is 0 Å². The van der Waals surface area contributed by atoms with Crippen molar-refractivity contribution in [2.75, 3.05) is 18.0 Å². The van der Waals surface area contributed by atoms with Gasteiger partial charge in [-0.05, 0) is 12.8 Å². The summed E-state index contributed by atoms with van der Waals surface area (Å²) in [6.07, 6.45) is 4.20. The highest BCUT2D eigenvalue weighted by Gasteiger charge is 2.18. The molecule has 1 aliphatic heterocycles. The molecule has 1 aromatic heterocycles. The molecule has 2 N–H and O–H groups in total. The first-order chi connectivity index (χ1) is 6.25. The van der Waals surface area contributed by atoms with Gasteiger partial charge in [0.2, 0.25) is 0 Å². The lowest BCUT2D eigenvalue weighted by molar-refractivity contribution is 0.503. The molecular weight excluding hydrogens is 166 g/mol. The van der Waals surface area contributed by atoms with Crippen molar-refractivity contribution in [3.63, 3.8) is 0 Å². The summed E-state index contributed by atoms with van der Waals surface area (Å²) in [6.45, 7) is 1.95. The monoisotopic (exact) mass is 181 g/mol. The molecule has 5 heteroatoms. The van der Waals surface area contributed by atoms with Crippen molar-refractivity contribution in [1.82, 2.24) is 15.0 Å². The van der Waals surface area contributed by atoms with Crippen LogP contribution in [0, 0.1) is 0 Å². The van der Waals surface area contributed by atoms with Crippen LogP contribution in [0.25, 0.3) is 0 Å². The third kappa shape index (κ3) is 1.80. The molecule has 2 rings (SSSR count). The highest BCUT2D eigenvalue weighted by molar-refractivity contribution is 5.35. The number of hydrogen-bond acceptors (Lipinski definition) is 4. The molecular formula is C8H15N5. The number of nitrogens with zero attached hydrogens (tertiary/aromatic N) is 4. The van der Waals surface area contributed by atoms with E-state index in [-0.39, 0.29) is 6.04 Å². The van der Waals surface area contributed by atoms with E-state index in [0.717, 1.165) is 31.7 Å². The molecule has 2 heterocycles. The standard InChI is InChI=1S/C8H15N5/c1-12-6-8(10-11-12)13-4-2-3-7(9)5-13/h6-7H,2-5,9H2,1H3/t7-/m1/s1. The lowest BCUT2D eigenvalue weighted by Crippen LogP contribution is -2.43. The molecule has 0 amide bonds. The van der Waals surface area contributed by atoms with Gasteiger partial charge in [0.15, 0.2) is 5.82 Å². The number of hydrogen-bond donors (Lipinski definition) is 1. The van der Waals surface area contributed by atoms with Crippen LogP contribution < -0.4 is 10.6 Å². The summed E-state index contributed by atoms with van der Waals surface area (Å²) in [6, 6.07) is 0.288. The predicted molar refractivity (Wildman–Crippen MR) is 50.4 cm³/mol. The number of piperidine rings is 1. The van der Waals surface area contributed by atoms with Gasteiger partial charge in [-0.15, -0.1) is 5.10 Å². The highest BCUT2D eigenvalue weighted by Crippen LogP contribution is 2.15. The molecule has 13 heavy (non-hydrogen) atoms. The molecule has 1 fully saturated rings. The quantitative estimate of drug-likeness (QED) is 0.648. The van der Waals surface area contributed by atoms with Crippen LogP contribution in [0.2, 0.25) is 0 Å². The fraction of sp³-hybridized carbons (Fsp3) is 0.750. The van der Waals surface area contributed by atoms with Crippen molar-refractivity contribution >= 4 is 5.82 Å². The first kappa shape index (κ1) is 8.50. The van der Waals surface area contributed by atoms with Gasteiger partial charge in [-0.3, -0.25) is 4.68 Å². The summed E-state index contributed by atoms with van der Waals surface area (Å²) < 4.78 is 1.72. The average Bonchev–Trinajstić information content (AvgIpc) is 2.52. The maximum atomic E-state index is 5.87. The van der Waals surface area contributed by atoms with Gasteiger partial charge in [-0.1, -0.05) is 5.21 Å². The zero-order valence-electron chi connectivity index (χ0n) is 7.85. The molecule has 0 bridgehead atoms. The zero-order chi connectivity index (χ0) is 9.26. The first-order valence-corrected chi connectivity index (χ1v) is 4.62. The molecule has 0 aliphatic carbocycles. The third-order valence-electron chi connectivity index (χ3n) is 2.37. The van der Waals surface area contributed by atoms with E-state index in [4.69, 9.17) is 5.73 Å². The van der Waals surface area contributed by atoms with Crippen molar-refractivity contribution in [3.05, 3.63) is 6.20 Å². The molecule has 1 aliphatic rings. The lowest BCUT2D eigenvalue weighted by atomic mass is 10.1. The fourth-order valence-electron chi connectivity index (χ4n) is 1.70. The van der Waals surface area contributed by atoms with E-state index >= 15 is 0 Å². The van der Waals surface area contributed by atoms with E-state index in [1.54, 1.807) is 4.68 Å².